The molecule has 3 heteroatoms. The number of benzene rings is 1. The minimum Gasteiger partial charge on any atom is -0.303 e. The second-order valence-electron chi connectivity index (χ2n) is 4.69. The van der Waals surface area contributed by atoms with Gasteiger partial charge in [0.1, 0.15) is 0 Å². The van der Waals surface area contributed by atoms with E-state index in [4.69, 9.17) is 0 Å². The van der Waals surface area contributed by atoms with Crippen molar-refractivity contribution in [3.05, 3.63) is 57.7 Å². The summed E-state index contributed by atoms with van der Waals surface area (Å²) in [6, 6.07) is 10.1. The number of nitrogens with zero attached hydrogens (tertiary/aromatic N) is 1. The predicted molar refractivity (Wildman–Crippen MR) is 74.9 cm³/mol. The Kier molecular flexibility index (Phi) is 3.08. The van der Waals surface area contributed by atoms with E-state index >= 15 is 0 Å². The van der Waals surface area contributed by atoms with Gasteiger partial charge in [-0.25, -0.2) is 0 Å². The maximum Gasteiger partial charge on any atom is 0.251 e. The molecule has 92 valence electrons. The molecule has 0 aromatic heterocycles. The molecule has 0 N–H and O–H groups in total. The largest absolute Gasteiger partial charge is 0.303 e. The quantitative estimate of drug-likeness (QED) is 0.815. The topological polar surface area (TPSA) is 20.3 Å². The lowest BCUT2D eigenvalue weighted by molar-refractivity contribution is -0.123. The van der Waals surface area contributed by atoms with Crippen LogP contribution in [0.15, 0.2) is 52.2 Å². The molecule has 2 aliphatic rings. The summed E-state index contributed by atoms with van der Waals surface area (Å²) in [7, 11) is 0. The zero-order valence-electron chi connectivity index (χ0n) is 10.0. The molecule has 0 spiro atoms. The standard InChI is InChI=1S/C15H14BrNO/c16-13-8-4-7-12-9-14(18)17(15(12)13)10-11-5-2-1-3-6-11/h1-3,5-6,9H,4,7-8,10H2. The summed E-state index contributed by atoms with van der Waals surface area (Å²) in [4.78, 5) is 14.0. The van der Waals surface area contributed by atoms with Crippen LogP contribution < -0.4 is 0 Å². The van der Waals surface area contributed by atoms with E-state index in [-0.39, 0.29) is 5.91 Å². The summed E-state index contributed by atoms with van der Waals surface area (Å²) in [5, 5.41) is 0. The first-order valence-corrected chi connectivity index (χ1v) is 7.00. The van der Waals surface area contributed by atoms with Crippen LogP contribution in [-0.2, 0) is 11.3 Å². The van der Waals surface area contributed by atoms with E-state index in [2.05, 4.69) is 28.1 Å². The van der Waals surface area contributed by atoms with Gasteiger partial charge in [0.2, 0.25) is 0 Å². The number of amides is 1. The maximum atomic E-state index is 12.1. The first-order chi connectivity index (χ1) is 8.75. The van der Waals surface area contributed by atoms with E-state index in [1.807, 2.05) is 23.1 Å². The van der Waals surface area contributed by atoms with Crippen molar-refractivity contribution < 1.29 is 4.79 Å². The number of hydrogen-bond donors (Lipinski definition) is 0. The third-order valence-electron chi connectivity index (χ3n) is 3.42. The molecule has 3 rings (SSSR count). The van der Waals surface area contributed by atoms with Gasteiger partial charge in [-0.3, -0.25) is 4.79 Å². The van der Waals surface area contributed by atoms with Gasteiger partial charge < -0.3 is 4.90 Å². The Morgan fingerprint density at radius 3 is 2.72 bits per heavy atom. The summed E-state index contributed by atoms with van der Waals surface area (Å²) < 4.78 is 1.17. The van der Waals surface area contributed by atoms with Crippen molar-refractivity contribution in [3.8, 4) is 0 Å². The maximum absolute atomic E-state index is 12.1. The number of carbonyl (C=O) groups excluding carboxylic acids is 1. The molecule has 0 unspecified atom stereocenters. The smallest absolute Gasteiger partial charge is 0.251 e. The highest BCUT2D eigenvalue weighted by Crippen LogP contribution is 2.39. The van der Waals surface area contributed by atoms with Gasteiger partial charge in [-0.1, -0.05) is 46.3 Å². The van der Waals surface area contributed by atoms with Crippen molar-refractivity contribution in [1.82, 2.24) is 4.90 Å². The fraction of sp³-hybridized carbons (Fsp3) is 0.267. The molecule has 1 heterocycles. The average molecular weight is 304 g/mol. The molecule has 18 heavy (non-hydrogen) atoms. The van der Waals surface area contributed by atoms with Gasteiger partial charge in [-0.15, -0.1) is 0 Å². The second kappa shape index (κ2) is 4.73. The van der Waals surface area contributed by atoms with Crippen LogP contribution in [0.1, 0.15) is 24.8 Å². The molecule has 0 radical (unpaired) electrons. The predicted octanol–water partition coefficient (Wildman–Crippen LogP) is 3.75. The zero-order chi connectivity index (χ0) is 12.5. The molecule has 1 aliphatic heterocycles. The van der Waals surface area contributed by atoms with Crippen LogP contribution in [0.25, 0.3) is 0 Å². The van der Waals surface area contributed by atoms with Crippen LogP contribution >= 0.6 is 15.9 Å². The van der Waals surface area contributed by atoms with Gasteiger partial charge in [0.15, 0.2) is 0 Å². The number of halogens is 1. The Morgan fingerprint density at radius 2 is 1.94 bits per heavy atom. The number of fused-ring (bicyclic) bond motifs is 1. The van der Waals surface area contributed by atoms with E-state index in [9.17, 15) is 4.79 Å². The lowest BCUT2D eigenvalue weighted by Crippen LogP contribution is -2.25. The molecule has 0 saturated carbocycles. The molecule has 1 aliphatic carbocycles. The van der Waals surface area contributed by atoms with Crippen LogP contribution in [0, 0.1) is 0 Å². The van der Waals surface area contributed by atoms with Crippen molar-refractivity contribution in [1.29, 1.82) is 0 Å². The number of carbonyl (C=O) groups is 1. The zero-order valence-corrected chi connectivity index (χ0v) is 11.6. The van der Waals surface area contributed by atoms with Gasteiger partial charge in [0, 0.05) is 10.6 Å². The summed E-state index contributed by atoms with van der Waals surface area (Å²) in [6.45, 7) is 0.657. The Bertz CT molecular complexity index is 545. The van der Waals surface area contributed by atoms with Gasteiger partial charge in [0.25, 0.3) is 5.91 Å². The van der Waals surface area contributed by atoms with E-state index in [1.54, 1.807) is 6.08 Å². The second-order valence-corrected chi connectivity index (χ2v) is 5.64. The van der Waals surface area contributed by atoms with E-state index in [0.29, 0.717) is 6.54 Å². The number of rotatable bonds is 2. The third kappa shape index (κ3) is 2.03. The van der Waals surface area contributed by atoms with Gasteiger partial charge >= 0.3 is 0 Å². The molecule has 1 aromatic carbocycles. The summed E-state index contributed by atoms with van der Waals surface area (Å²) in [5.41, 5.74) is 3.46. The molecule has 2 nitrogen and oxygen atoms in total. The van der Waals surface area contributed by atoms with Crippen LogP contribution in [0.3, 0.4) is 0 Å². The monoisotopic (exact) mass is 303 g/mol. The molecule has 0 saturated heterocycles. The first-order valence-electron chi connectivity index (χ1n) is 6.21. The fourth-order valence-corrected chi connectivity index (χ4v) is 3.31. The van der Waals surface area contributed by atoms with E-state index < -0.39 is 0 Å². The fourth-order valence-electron chi connectivity index (χ4n) is 2.57. The highest BCUT2D eigenvalue weighted by atomic mass is 79.9. The molecule has 0 bridgehead atoms. The minimum atomic E-state index is 0.114. The van der Waals surface area contributed by atoms with Crippen molar-refractivity contribution in [3.63, 3.8) is 0 Å². The van der Waals surface area contributed by atoms with Crippen LogP contribution in [0.5, 0.6) is 0 Å². The molecule has 0 fully saturated rings. The third-order valence-corrected chi connectivity index (χ3v) is 4.19. The minimum absolute atomic E-state index is 0.114. The van der Waals surface area contributed by atoms with Crippen LogP contribution in [0.4, 0.5) is 0 Å². The lowest BCUT2D eigenvalue weighted by Gasteiger charge is -2.24. The van der Waals surface area contributed by atoms with Crippen LogP contribution in [-0.4, -0.2) is 10.8 Å². The highest BCUT2D eigenvalue weighted by Gasteiger charge is 2.31. The summed E-state index contributed by atoms with van der Waals surface area (Å²) in [5.74, 6) is 0.114. The molecular formula is C15H14BrNO. The van der Waals surface area contributed by atoms with Crippen LogP contribution in [0.2, 0.25) is 0 Å². The number of hydrogen-bond acceptors (Lipinski definition) is 1. The Morgan fingerprint density at radius 1 is 1.17 bits per heavy atom. The molecule has 0 atom stereocenters. The lowest BCUT2D eigenvalue weighted by atomic mass is 9.99. The highest BCUT2D eigenvalue weighted by molar-refractivity contribution is 9.11. The molecular weight excluding hydrogens is 290 g/mol. The van der Waals surface area contributed by atoms with Gasteiger partial charge in [0.05, 0.1) is 12.2 Å². The Balaban J connectivity index is 1.91. The van der Waals surface area contributed by atoms with Crippen molar-refractivity contribution in [2.75, 3.05) is 0 Å². The normalized spacial score (nSPS) is 19.1. The Hall–Kier alpha value is -1.35. The van der Waals surface area contributed by atoms with Gasteiger partial charge in [-0.2, -0.15) is 0 Å². The van der Waals surface area contributed by atoms with Gasteiger partial charge in [-0.05, 0) is 30.4 Å². The van der Waals surface area contributed by atoms with E-state index in [1.165, 1.54) is 15.6 Å². The summed E-state index contributed by atoms with van der Waals surface area (Å²) in [6.07, 6.45) is 4.97. The van der Waals surface area contributed by atoms with Crippen molar-refractivity contribution >= 4 is 21.8 Å². The van der Waals surface area contributed by atoms with Crippen molar-refractivity contribution in [2.24, 2.45) is 0 Å². The Labute approximate surface area is 115 Å². The SMILES string of the molecule is O=C1C=C2CCCC(Br)=C2N1Cc1ccccc1. The average Bonchev–Trinajstić information content (AvgIpc) is 2.69. The first kappa shape index (κ1) is 11.7. The number of allylic oxidation sites excluding steroid dienone is 2. The molecule has 1 amide bonds. The molecule has 1 aromatic rings. The van der Waals surface area contributed by atoms with E-state index in [0.717, 1.165) is 25.0 Å². The summed E-state index contributed by atoms with van der Waals surface area (Å²) >= 11 is 3.62. The van der Waals surface area contributed by atoms with Crippen molar-refractivity contribution in [2.45, 2.75) is 25.8 Å².